The molecule has 0 aromatic heterocycles. The zero-order valence-corrected chi connectivity index (χ0v) is 10.5. The number of carbonyl (C=O) groups excluding carboxylic acids is 1. The number of aliphatic carboxylic acids is 1. The van der Waals surface area contributed by atoms with Crippen LogP contribution in [0.4, 0.5) is 0 Å². The van der Waals surface area contributed by atoms with Crippen LogP contribution in [-0.4, -0.2) is 23.7 Å². The first-order valence-electron chi connectivity index (χ1n) is 6.54. The van der Waals surface area contributed by atoms with Gasteiger partial charge in [0.1, 0.15) is 0 Å². The molecule has 0 spiro atoms. The second-order valence-corrected chi connectivity index (χ2v) is 4.80. The molecular formula is C13H22O4. The summed E-state index contributed by atoms with van der Waals surface area (Å²) in [5, 5.41) is 9.06. The molecule has 1 atom stereocenters. The van der Waals surface area contributed by atoms with E-state index in [9.17, 15) is 9.59 Å². The van der Waals surface area contributed by atoms with Crippen molar-refractivity contribution < 1.29 is 19.4 Å². The summed E-state index contributed by atoms with van der Waals surface area (Å²) in [6.45, 7) is 2.34. The van der Waals surface area contributed by atoms with Crippen molar-refractivity contribution in [3.8, 4) is 0 Å². The van der Waals surface area contributed by atoms with Crippen LogP contribution in [0.1, 0.15) is 51.9 Å². The van der Waals surface area contributed by atoms with Gasteiger partial charge in [-0.1, -0.05) is 39.0 Å². The minimum Gasteiger partial charge on any atom is -0.481 e. The van der Waals surface area contributed by atoms with Crippen molar-refractivity contribution in [3.05, 3.63) is 0 Å². The Morgan fingerprint density at radius 1 is 1.35 bits per heavy atom. The molecule has 1 saturated carbocycles. The van der Waals surface area contributed by atoms with E-state index in [1.165, 1.54) is 0 Å². The van der Waals surface area contributed by atoms with Crippen LogP contribution in [-0.2, 0) is 14.3 Å². The van der Waals surface area contributed by atoms with Gasteiger partial charge in [-0.3, -0.25) is 9.59 Å². The fourth-order valence-electron chi connectivity index (χ4n) is 2.29. The quantitative estimate of drug-likeness (QED) is 0.423. The van der Waals surface area contributed by atoms with E-state index < -0.39 is 17.9 Å². The molecule has 1 rings (SSSR count). The third-order valence-electron chi connectivity index (χ3n) is 3.37. The molecule has 0 saturated heterocycles. The Labute approximate surface area is 102 Å². The zero-order valence-electron chi connectivity index (χ0n) is 10.5. The highest BCUT2D eigenvalue weighted by Crippen LogP contribution is 2.30. The molecule has 0 bridgehead atoms. The van der Waals surface area contributed by atoms with Gasteiger partial charge >= 0.3 is 11.9 Å². The lowest BCUT2D eigenvalue weighted by molar-refractivity contribution is -0.159. The Balaban J connectivity index is 2.40. The molecule has 0 heterocycles. The van der Waals surface area contributed by atoms with Crippen LogP contribution in [0.25, 0.3) is 0 Å². The maximum atomic E-state index is 11.6. The predicted octanol–water partition coefficient (Wildman–Crippen LogP) is 2.61. The number of carboxylic acids is 1. The Morgan fingerprint density at radius 3 is 2.53 bits per heavy atom. The molecule has 17 heavy (non-hydrogen) atoms. The summed E-state index contributed by atoms with van der Waals surface area (Å²) in [4.78, 5) is 22.7. The molecule has 0 aromatic carbocycles. The van der Waals surface area contributed by atoms with E-state index >= 15 is 0 Å². The van der Waals surface area contributed by atoms with Gasteiger partial charge in [-0.25, -0.2) is 0 Å². The highest BCUT2D eigenvalue weighted by Gasteiger charge is 2.31. The second-order valence-electron chi connectivity index (χ2n) is 4.80. The van der Waals surface area contributed by atoms with Crippen LogP contribution in [0.5, 0.6) is 0 Å². The third kappa shape index (κ3) is 4.75. The van der Waals surface area contributed by atoms with Crippen molar-refractivity contribution in [2.75, 3.05) is 6.61 Å². The minimum absolute atomic E-state index is 0.337. The van der Waals surface area contributed by atoms with Crippen LogP contribution in [0, 0.1) is 11.8 Å². The van der Waals surface area contributed by atoms with Gasteiger partial charge in [0.15, 0.2) is 5.92 Å². The third-order valence-corrected chi connectivity index (χ3v) is 3.37. The van der Waals surface area contributed by atoms with E-state index in [2.05, 4.69) is 0 Å². The summed E-state index contributed by atoms with van der Waals surface area (Å²) < 4.78 is 5.00. The second kappa shape index (κ2) is 7.30. The van der Waals surface area contributed by atoms with Crippen LogP contribution in [0.15, 0.2) is 0 Å². The molecule has 0 radical (unpaired) electrons. The van der Waals surface area contributed by atoms with Crippen molar-refractivity contribution in [1.29, 1.82) is 0 Å². The molecule has 1 aliphatic rings. The molecule has 98 valence electrons. The number of rotatable bonds is 7. The summed E-state index contributed by atoms with van der Waals surface area (Å²) in [6, 6.07) is 0. The summed E-state index contributed by atoms with van der Waals surface area (Å²) >= 11 is 0. The molecule has 1 fully saturated rings. The first kappa shape index (κ1) is 14.0. The molecule has 1 aliphatic carbocycles. The van der Waals surface area contributed by atoms with Gasteiger partial charge in [-0.2, -0.15) is 0 Å². The lowest BCUT2D eigenvalue weighted by Crippen LogP contribution is -2.28. The fraction of sp³-hybridized carbons (Fsp3) is 0.846. The van der Waals surface area contributed by atoms with Gasteiger partial charge in [0, 0.05) is 0 Å². The first-order valence-corrected chi connectivity index (χ1v) is 6.54. The summed E-state index contributed by atoms with van der Waals surface area (Å²) in [5.74, 6) is -2.18. The van der Waals surface area contributed by atoms with E-state index in [-0.39, 0.29) is 0 Å². The number of carbonyl (C=O) groups is 2. The van der Waals surface area contributed by atoms with E-state index in [0.717, 1.165) is 38.5 Å². The number of hydrogen-bond acceptors (Lipinski definition) is 3. The molecule has 0 aliphatic heterocycles. The molecule has 0 unspecified atom stereocenters. The Hall–Kier alpha value is -1.06. The van der Waals surface area contributed by atoms with Gasteiger partial charge < -0.3 is 9.84 Å². The monoisotopic (exact) mass is 242 g/mol. The molecule has 0 aromatic rings. The Bertz CT molecular complexity index is 256. The molecule has 0 amide bonds. The predicted molar refractivity (Wildman–Crippen MR) is 63.6 cm³/mol. The van der Waals surface area contributed by atoms with E-state index in [4.69, 9.17) is 9.84 Å². The smallest absolute Gasteiger partial charge is 0.320 e. The van der Waals surface area contributed by atoms with E-state index in [1.807, 2.05) is 6.92 Å². The van der Waals surface area contributed by atoms with Crippen molar-refractivity contribution in [3.63, 3.8) is 0 Å². The van der Waals surface area contributed by atoms with Crippen molar-refractivity contribution in [1.82, 2.24) is 0 Å². The maximum Gasteiger partial charge on any atom is 0.320 e. The number of esters is 1. The van der Waals surface area contributed by atoms with Crippen LogP contribution >= 0.6 is 0 Å². The average Bonchev–Trinajstić information content (AvgIpc) is 2.78. The number of unbranched alkanes of at least 4 members (excludes halogenated alkanes) is 1. The number of hydrogen-bond donors (Lipinski definition) is 1. The van der Waals surface area contributed by atoms with Gasteiger partial charge in [-0.05, 0) is 18.8 Å². The number of carboxylic acid groups (broad SMARTS) is 1. The number of ether oxygens (including phenoxy) is 1. The van der Waals surface area contributed by atoms with Gasteiger partial charge in [0.2, 0.25) is 0 Å². The highest BCUT2D eigenvalue weighted by molar-refractivity contribution is 5.93. The van der Waals surface area contributed by atoms with Gasteiger partial charge in [0.05, 0.1) is 6.61 Å². The Kier molecular flexibility index (Phi) is 6.01. The highest BCUT2D eigenvalue weighted by atomic mass is 16.5. The van der Waals surface area contributed by atoms with Gasteiger partial charge in [0.25, 0.3) is 0 Å². The summed E-state index contributed by atoms with van der Waals surface area (Å²) in [6.07, 6.45) is 6.58. The van der Waals surface area contributed by atoms with Crippen molar-refractivity contribution in [2.24, 2.45) is 11.8 Å². The van der Waals surface area contributed by atoms with Crippen molar-refractivity contribution in [2.45, 2.75) is 51.9 Å². The molecule has 4 heteroatoms. The standard InChI is InChI=1S/C13H22O4/c1-2-3-8-17-13(16)11(12(14)15)9-10-6-4-5-7-10/h10-11H,2-9H2,1H3,(H,14,15)/t11-/m0/s1. The lowest BCUT2D eigenvalue weighted by atomic mass is 9.93. The van der Waals surface area contributed by atoms with Crippen LogP contribution < -0.4 is 0 Å². The van der Waals surface area contributed by atoms with Gasteiger partial charge in [-0.15, -0.1) is 0 Å². The van der Waals surface area contributed by atoms with Crippen molar-refractivity contribution >= 4 is 11.9 Å². The lowest BCUT2D eigenvalue weighted by Gasteiger charge is -2.15. The summed E-state index contributed by atoms with van der Waals surface area (Å²) in [7, 11) is 0. The van der Waals surface area contributed by atoms with E-state index in [0.29, 0.717) is 18.9 Å². The first-order chi connectivity index (χ1) is 8.15. The zero-order chi connectivity index (χ0) is 12.7. The fourth-order valence-corrected chi connectivity index (χ4v) is 2.29. The van der Waals surface area contributed by atoms with Crippen LogP contribution in [0.2, 0.25) is 0 Å². The minimum atomic E-state index is -1.04. The topological polar surface area (TPSA) is 63.6 Å². The molecule has 4 nitrogen and oxygen atoms in total. The largest absolute Gasteiger partial charge is 0.481 e. The molecular weight excluding hydrogens is 220 g/mol. The van der Waals surface area contributed by atoms with E-state index in [1.54, 1.807) is 0 Å². The van der Waals surface area contributed by atoms with Crippen LogP contribution in [0.3, 0.4) is 0 Å². The molecule has 1 N–H and O–H groups in total. The Morgan fingerprint density at radius 2 is 2.00 bits per heavy atom. The maximum absolute atomic E-state index is 11.6. The normalized spacial score (nSPS) is 17.9. The summed E-state index contributed by atoms with van der Waals surface area (Å²) in [5.41, 5.74) is 0. The SMILES string of the molecule is CCCCOC(=O)[C@@H](CC1CCCC1)C(=O)O. The average molecular weight is 242 g/mol.